The second-order valence-corrected chi connectivity index (χ2v) is 10.4. The van der Waals surface area contributed by atoms with E-state index in [0.29, 0.717) is 0 Å². The van der Waals surface area contributed by atoms with Crippen LogP contribution in [0.2, 0.25) is 0 Å². The summed E-state index contributed by atoms with van der Waals surface area (Å²) in [7, 11) is 0. The molecule has 2 N–H and O–H groups in total. The summed E-state index contributed by atoms with van der Waals surface area (Å²) in [6.45, 7) is 10.8. The summed E-state index contributed by atoms with van der Waals surface area (Å²) in [5, 5.41) is 0. The zero-order valence-corrected chi connectivity index (χ0v) is 14.6. The van der Waals surface area contributed by atoms with Crippen molar-refractivity contribution >= 4 is 18.0 Å². The van der Waals surface area contributed by atoms with E-state index in [1.54, 1.807) is 9.34 Å². The van der Waals surface area contributed by atoms with Gasteiger partial charge in [0.1, 0.15) is 0 Å². The Kier molecular flexibility index (Phi) is 6.09. The van der Waals surface area contributed by atoms with Crippen LogP contribution in [0.4, 0.5) is 0 Å². The van der Waals surface area contributed by atoms with Gasteiger partial charge in [0.25, 0.3) is 0 Å². The van der Waals surface area contributed by atoms with E-state index in [1.807, 2.05) is 55.4 Å². The van der Waals surface area contributed by atoms with Crippen LogP contribution in [0.25, 0.3) is 0 Å². The van der Waals surface area contributed by atoms with E-state index in [9.17, 15) is 9.79 Å². The summed E-state index contributed by atoms with van der Waals surface area (Å²) in [5.74, 6) is 0. The normalized spacial score (nSPS) is 16.4. The fourth-order valence-corrected chi connectivity index (χ4v) is 8.41. The minimum atomic E-state index is -4.56. The molecule has 0 rings (SSSR count). The molecule has 0 saturated carbocycles. The second kappa shape index (κ2) is 5.90. The standard InChI is InChI=1S/C12H30ClN2O2P/c1-9(2)14(10(3)4)18(13,16,17)15(11(5)6)12(7)8/h9-12,16-17H,1-8H3. The first-order valence-corrected chi connectivity index (χ1v) is 9.57. The number of hydrogen-bond acceptors (Lipinski definition) is 4. The summed E-state index contributed by atoms with van der Waals surface area (Å²) in [6, 6.07) is -0.185. The molecule has 0 aromatic rings. The second-order valence-electron chi connectivity index (χ2n) is 5.97. The van der Waals surface area contributed by atoms with E-state index < -0.39 is 6.71 Å². The molecule has 0 aliphatic carbocycles. The maximum atomic E-state index is 10.9. The molecule has 0 aliphatic heterocycles. The molecule has 0 amide bonds. The fraction of sp³-hybridized carbons (Fsp3) is 1.00. The Morgan fingerprint density at radius 1 is 0.667 bits per heavy atom. The first-order chi connectivity index (χ1) is 7.81. The number of rotatable bonds is 6. The zero-order valence-electron chi connectivity index (χ0n) is 12.9. The first-order valence-electron chi connectivity index (χ1n) is 6.62. The predicted molar refractivity (Wildman–Crippen MR) is 81.4 cm³/mol. The molecule has 0 fully saturated rings. The molecule has 4 nitrogen and oxygen atoms in total. The van der Waals surface area contributed by atoms with Crippen molar-refractivity contribution in [2.45, 2.75) is 79.6 Å². The van der Waals surface area contributed by atoms with Crippen LogP contribution in [0.15, 0.2) is 0 Å². The van der Waals surface area contributed by atoms with Gasteiger partial charge in [-0.05, 0) is 0 Å². The third-order valence-corrected chi connectivity index (χ3v) is 7.39. The quantitative estimate of drug-likeness (QED) is 0.736. The predicted octanol–water partition coefficient (Wildman–Crippen LogP) is 3.58. The number of hydrogen-bond donors (Lipinski definition) is 2. The minimum absolute atomic E-state index is 0.0461. The average molecular weight is 301 g/mol. The van der Waals surface area contributed by atoms with E-state index in [-0.39, 0.29) is 24.2 Å². The monoisotopic (exact) mass is 300 g/mol. The zero-order chi connectivity index (χ0) is 14.9. The van der Waals surface area contributed by atoms with E-state index in [4.69, 9.17) is 11.2 Å². The molecular formula is C12H30ClN2O2P. The van der Waals surface area contributed by atoms with Crippen molar-refractivity contribution in [2.24, 2.45) is 0 Å². The van der Waals surface area contributed by atoms with Gasteiger partial charge in [0.2, 0.25) is 0 Å². The fourth-order valence-electron chi connectivity index (χ4n) is 2.90. The Hall–Kier alpha value is 0.560. The molecule has 0 atom stereocenters. The van der Waals surface area contributed by atoms with Crippen LogP contribution in [-0.2, 0) is 0 Å². The molecular weight excluding hydrogens is 271 g/mol. The van der Waals surface area contributed by atoms with Gasteiger partial charge >= 0.3 is 117 Å². The van der Waals surface area contributed by atoms with Gasteiger partial charge in [-0.3, -0.25) is 0 Å². The molecule has 112 valence electrons. The van der Waals surface area contributed by atoms with Crippen molar-refractivity contribution in [3.05, 3.63) is 0 Å². The van der Waals surface area contributed by atoms with Crippen LogP contribution in [0.3, 0.4) is 0 Å². The van der Waals surface area contributed by atoms with Crippen molar-refractivity contribution < 1.29 is 9.79 Å². The van der Waals surface area contributed by atoms with Crippen molar-refractivity contribution in [1.29, 1.82) is 0 Å². The van der Waals surface area contributed by atoms with Crippen LogP contribution in [0.5, 0.6) is 0 Å². The van der Waals surface area contributed by atoms with E-state index in [1.165, 1.54) is 0 Å². The summed E-state index contributed by atoms with van der Waals surface area (Å²) in [6.07, 6.45) is 0. The average Bonchev–Trinajstić information content (AvgIpc) is 1.94. The van der Waals surface area contributed by atoms with Gasteiger partial charge in [-0.1, -0.05) is 0 Å². The molecule has 0 heterocycles. The molecule has 0 aromatic heterocycles. The van der Waals surface area contributed by atoms with Crippen LogP contribution >= 0.6 is 18.0 Å². The van der Waals surface area contributed by atoms with Gasteiger partial charge in [0, 0.05) is 0 Å². The van der Waals surface area contributed by atoms with Crippen LogP contribution in [-0.4, -0.2) is 43.3 Å². The first kappa shape index (κ1) is 18.6. The molecule has 0 spiro atoms. The number of nitrogens with zero attached hydrogens (tertiary/aromatic N) is 2. The van der Waals surface area contributed by atoms with Gasteiger partial charge in [-0.2, -0.15) is 0 Å². The Morgan fingerprint density at radius 3 is 0.944 bits per heavy atom. The Balaban J connectivity index is 5.73. The summed E-state index contributed by atoms with van der Waals surface area (Å²) in [4.78, 5) is 21.8. The van der Waals surface area contributed by atoms with Crippen LogP contribution in [0.1, 0.15) is 55.4 Å². The van der Waals surface area contributed by atoms with Gasteiger partial charge in [-0.15, -0.1) is 0 Å². The van der Waals surface area contributed by atoms with Gasteiger partial charge in [-0.25, -0.2) is 0 Å². The summed E-state index contributed by atoms with van der Waals surface area (Å²) >= 11 is 6.40. The van der Waals surface area contributed by atoms with E-state index in [0.717, 1.165) is 0 Å². The topological polar surface area (TPSA) is 46.9 Å². The molecule has 0 radical (unpaired) electrons. The SMILES string of the molecule is CC(C)N(C(C)C)P(O)(O)(Cl)N(C(C)C)C(C)C. The molecule has 0 aromatic carbocycles. The van der Waals surface area contributed by atoms with Gasteiger partial charge < -0.3 is 0 Å². The molecule has 0 saturated heterocycles. The molecule has 0 aliphatic rings. The molecule has 0 bridgehead atoms. The maximum absolute atomic E-state index is 10.9. The van der Waals surface area contributed by atoms with Crippen molar-refractivity contribution in [3.63, 3.8) is 0 Å². The van der Waals surface area contributed by atoms with Crippen molar-refractivity contribution in [1.82, 2.24) is 9.34 Å². The summed E-state index contributed by atoms with van der Waals surface area (Å²) < 4.78 is 3.26. The Labute approximate surface area is 117 Å². The third-order valence-electron chi connectivity index (χ3n) is 2.91. The molecule has 0 unspecified atom stereocenters. The van der Waals surface area contributed by atoms with Gasteiger partial charge in [0.15, 0.2) is 0 Å². The molecule has 6 heteroatoms. The summed E-state index contributed by atoms with van der Waals surface area (Å²) in [5.41, 5.74) is 0. The van der Waals surface area contributed by atoms with E-state index >= 15 is 0 Å². The van der Waals surface area contributed by atoms with Crippen LogP contribution < -0.4 is 0 Å². The van der Waals surface area contributed by atoms with Crippen molar-refractivity contribution in [3.8, 4) is 0 Å². The molecule has 18 heavy (non-hydrogen) atoms. The van der Waals surface area contributed by atoms with Gasteiger partial charge in [0.05, 0.1) is 0 Å². The van der Waals surface area contributed by atoms with Crippen LogP contribution in [0, 0.1) is 0 Å². The van der Waals surface area contributed by atoms with Crippen molar-refractivity contribution in [2.75, 3.05) is 0 Å². The Bertz CT molecular complexity index is 235. The van der Waals surface area contributed by atoms with E-state index in [2.05, 4.69) is 0 Å². The number of halogens is 1. The third kappa shape index (κ3) is 3.78. The Morgan fingerprint density at radius 2 is 0.833 bits per heavy atom.